The molecule has 27 heteroatoms. The van der Waals surface area contributed by atoms with Gasteiger partial charge in [-0.15, -0.1) is 0 Å². The van der Waals surface area contributed by atoms with Crippen molar-refractivity contribution >= 4 is 0 Å². The summed E-state index contributed by atoms with van der Waals surface area (Å²) in [6.45, 7) is 7.70. The monoisotopic (exact) mass is 1210 g/mol. The molecule has 484 valence electrons. The Morgan fingerprint density at radius 1 is 0.476 bits per heavy atom. The quantitative estimate of drug-likeness (QED) is 0.0733. The number of rotatable bonds is 14. The fourth-order valence-electron chi connectivity index (χ4n) is 17.6. The van der Waals surface area contributed by atoms with Crippen LogP contribution in [-0.4, -0.2) is 282 Å². The largest absolute Gasteiger partial charge is 0.396 e. The Morgan fingerprint density at radius 3 is 1.76 bits per heavy atom. The second kappa shape index (κ2) is 25.2. The van der Waals surface area contributed by atoms with Crippen molar-refractivity contribution in [3.05, 3.63) is 0 Å². The van der Waals surface area contributed by atoms with Crippen molar-refractivity contribution in [3.8, 4) is 0 Å². The highest BCUT2D eigenvalue weighted by atomic mass is 16.8. The third kappa shape index (κ3) is 11.2. The minimum Gasteiger partial charge on any atom is -0.396 e. The van der Waals surface area contributed by atoms with Crippen LogP contribution in [0.1, 0.15) is 92.4 Å². The number of hydrogen-bond donors (Lipinski definition) is 15. The summed E-state index contributed by atoms with van der Waals surface area (Å²) in [6, 6.07) is 0. The molecule has 37 atom stereocenters. The van der Waals surface area contributed by atoms with E-state index in [1.807, 2.05) is 0 Å². The van der Waals surface area contributed by atoms with E-state index in [4.69, 9.17) is 56.8 Å². The predicted molar refractivity (Wildman–Crippen MR) is 279 cm³/mol. The lowest BCUT2D eigenvalue weighted by Crippen LogP contribution is -2.68. The molecular weight excluding hydrogens is 1120 g/mol. The van der Waals surface area contributed by atoms with Gasteiger partial charge in [0.05, 0.1) is 70.2 Å². The lowest BCUT2D eigenvalue weighted by Gasteiger charge is -2.62. The Kier molecular flexibility index (Phi) is 19.3. The van der Waals surface area contributed by atoms with E-state index < -0.39 is 198 Å². The van der Waals surface area contributed by atoms with Crippen LogP contribution in [0.15, 0.2) is 0 Å². The third-order valence-corrected chi connectivity index (χ3v) is 22.5. The van der Waals surface area contributed by atoms with Crippen molar-refractivity contribution in [1.82, 2.24) is 0 Å². The van der Waals surface area contributed by atoms with Crippen molar-refractivity contribution in [2.45, 2.75) is 258 Å². The Balaban J connectivity index is 0.786. The smallest absolute Gasteiger partial charge is 0.187 e. The lowest BCUT2D eigenvalue weighted by molar-refractivity contribution is -0.406. The molecule has 84 heavy (non-hydrogen) atoms. The first-order valence-corrected chi connectivity index (χ1v) is 30.7. The van der Waals surface area contributed by atoms with Crippen LogP contribution in [-0.2, 0) is 56.8 Å². The Labute approximate surface area is 487 Å². The van der Waals surface area contributed by atoms with Crippen molar-refractivity contribution in [2.75, 3.05) is 39.6 Å². The molecule has 7 aliphatic heterocycles. The van der Waals surface area contributed by atoms with E-state index in [0.29, 0.717) is 48.3 Å². The van der Waals surface area contributed by atoms with Gasteiger partial charge in [0, 0.05) is 18.3 Å². The Bertz CT molecular complexity index is 2180. The summed E-state index contributed by atoms with van der Waals surface area (Å²) < 4.78 is 73.8. The molecule has 1 spiro atoms. The standard InChI is InChI=1S/C57H94O27/c1-21-8-11-57(74-19-21)22(2)35-31(84-57)13-28-26-7-6-25-12-30(29(62)14-56(25,5)27(26)9-10-55(28,35)4)76-52-44(71)41(68)47(34(18-61)79-52)81-54-49(83-53-43(70)40(67)37(64)32(16-59)77-53)48(38(65)33(17-60)78-54)82-50-45(72)46(24(15-58)20-73-50)80-51-42(69)39(66)36(63)23(3)75-51/h21-54,58-72H,6-20H2,1-5H3/t21-,22+,23+,24+,25+,26-,27+,28+,29-,30-,31+,32-,33-,34-,35+,36+,37-,38-,39-,40+,41-,42-,43-,44-,45-,46-,47+,48+,49-,50+,51+,52-,53+,54+,55+,56+,57-/m1/s1. The molecule has 0 radical (unpaired) electrons. The first-order chi connectivity index (χ1) is 39.9. The first kappa shape index (κ1) is 64.4. The molecule has 7 saturated heterocycles. The highest BCUT2D eigenvalue weighted by molar-refractivity contribution is 5.16. The van der Waals surface area contributed by atoms with Gasteiger partial charge in [0.1, 0.15) is 97.7 Å². The molecule has 7 heterocycles. The van der Waals surface area contributed by atoms with Crippen molar-refractivity contribution in [1.29, 1.82) is 0 Å². The minimum absolute atomic E-state index is 0.109. The van der Waals surface area contributed by atoms with Crippen molar-refractivity contribution < 1.29 is 133 Å². The maximum absolute atomic E-state index is 12.1. The van der Waals surface area contributed by atoms with Gasteiger partial charge in [-0.3, -0.25) is 0 Å². The molecule has 0 bridgehead atoms. The Hall–Kier alpha value is -1.08. The van der Waals surface area contributed by atoms with E-state index in [2.05, 4.69) is 27.7 Å². The van der Waals surface area contributed by atoms with Crippen molar-refractivity contribution in [3.63, 3.8) is 0 Å². The minimum atomic E-state index is -2.08. The van der Waals surface area contributed by atoms with Gasteiger partial charge in [-0.1, -0.05) is 27.7 Å². The molecule has 11 aliphatic rings. The average molecular weight is 1210 g/mol. The second-order valence-corrected chi connectivity index (χ2v) is 27.2. The fourth-order valence-corrected chi connectivity index (χ4v) is 17.6. The van der Waals surface area contributed by atoms with Crippen LogP contribution in [0.5, 0.6) is 0 Å². The highest BCUT2D eigenvalue weighted by Crippen LogP contribution is 2.71. The van der Waals surface area contributed by atoms with Crippen LogP contribution in [0.4, 0.5) is 0 Å². The molecule has 11 rings (SSSR count). The zero-order valence-corrected chi connectivity index (χ0v) is 48.3. The topological polar surface area (TPSA) is 414 Å². The van der Waals surface area contributed by atoms with E-state index in [9.17, 15) is 76.6 Å². The van der Waals surface area contributed by atoms with E-state index in [0.717, 1.165) is 51.6 Å². The molecule has 27 nitrogen and oxygen atoms in total. The number of ether oxygens (including phenoxy) is 12. The fraction of sp³-hybridized carbons (Fsp3) is 1.00. The van der Waals surface area contributed by atoms with Gasteiger partial charge in [0.2, 0.25) is 0 Å². The maximum atomic E-state index is 12.1. The van der Waals surface area contributed by atoms with Gasteiger partial charge in [-0.25, -0.2) is 0 Å². The summed E-state index contributed by atoms with van der Waals surface area (Å²) in [5.41, 5.74) is -0.107. The molecule has 4 saturated carbocycles. The normalized spacial score (nSPS) is 57.7. The zero-order valence-electron chi connectivity index (χ0n) is 48.3. The molecule has 0 aromatic rings. The molecule has 0 unspecified atom stereocenters. The van der Waals surface area contributed by atoms with E-state index in [1.165, 1.54) is 6.92 Å². The van der Waals surface area contributed by atoms with Crippen LogP contribution in [0.25, 0.3) is 0 Å². The van der Waals surface area contributed by atoms with Gasteiger partial charge in [-0.2, -0.15) is 0 Å². The molecular formula is C57H94O27. The van der Waals surface area contributed by atoms with Crippen molar-refractivity contribution in [2.24, 2.45) is 58.2 Å². The summed E-state index contributed by atoms with van der Waals surface area (Å²) in [5, 5.41) is 166. The average Bonchev–Trinajstić information content (AvgIpc) is 2.08. The number of aliphatic hydroxyl groups excluding tert-OH is 15. The van der Waals surface area contributed by atoms with Gasteiger partial charge < -0.3 is 133 Å². The summed E-state index contributed by atoms with van der Waals surface area (Å²) in [4.78, 5) is 0. The summed E-state index contributed by atoms with van der Waals surface area (Å²) >= 11 is 0. The molecule has 0 amide bonds. The van der Waals surface area contributed by atoms with Gasteiger partial charge in [0.25, 0.3) is 0 Å². The first-order valence-electron chi connectivity index (χ1n) is 30.7. The zero-order chi connectivity index (χ0) is 60.2. The third-order valence-electron chi connectivity index (χ3n) is 22.5. The molecule has 15 N–H and O–H groups in total. The van der Waals surface area contributed by atoms with Crippen LogP contribution in [0.2, 0.25) is 0 Å². The van der Waals surface area contributed by atoms with Crippen LogP contribution in [0, 0.1) is 58.2 Å². The summed E-state index contributed by atoms with van der Waals surface area (Å²) in [5.74, 6) is 1.14. The van der Waals surface area contributed by atoms with E-state index in [1.54, 1.807) is 0 Å². The summed E-state index contributed by atoms with van der Waals surface area (Å²) in [7, 11) is 0. The molecule has 0 aromatic carbocycles. The maximum Gasteiger partial charge on any atom is 0.187 e. The van der Waals surface area contributed by atoms with Crippen LogP contribution < -0.4 is 0 Å². The van der Waals surface area contributed by atoms with Gasteiger partial charge in [0.15, 0.2) is 37.2 Å². The van der Waals surface area contributed by atoms with Crippen LogP contribution in [0.3, 0.4) is 0 Å². The second-order valence-electron chi connectivity index (χ2n) is 27.2. The summed E-state index contributed by atoms with van der Waals surface area (Å²) in [6.07, 6.45) is -34.6. The molecule has 4 aliphatic carbocycles. The van der Waals surface area contributed by atoms with Gasteiger partial charge in [-0.05, 0) is 105 Å². The SMILES string of the molecule is C[C@@H]1CC[C@@]2(OC1)O[C@H]1C[C@H]3[C@@H]4CC[C@H]5C[C@@H](O[C@@H]6O[C@H](CO)[C@H](O[C@@H]7O[C@H](CO)[C@@H](O)[C@H](O[C@@H]8OC[C@H](CO)[C@@H](O[C@@H]9O[C@@H](C)[C@H](O)[C@@H](O)[C@H]9O)[C@H]8O)[C@H]7O[C@@H]7O[C@H](CO)[C@@H](O)[C@H](O)[C@H]7O)[C@H](O)[C@H]6O)[C@H](O)C[C@]5(C)[C@H]4CC[C@]3(C)[C@H]1[C@@H]2C. The number of hydrogen-bond acceptors (Lipinski definition) is 27. The van der Waals surface area contributed by atoms with Gasteiger partial charge >= 0.3 is 0 Å². The number of fused-ring (bicyclic) bond motifs is 7. The Morgan fingerprint density at radius 2 is 1.08 bits per heavy atom. The van der Waals surface area contributed by atoms with E-state index >= 15 is 0 Å². The lowest BCUT2D eigenvalue weighted by atomic mass is 9.44. The molecule has 11 fully saturated rings. The molecule has 0 aromatic heterocycles. The van der Waals surface area contributed by atoms with Crippen LogP contribution >= 0.6 is 0 Å². The van der Waals surface area contributed by atoms with E-state index in [-0.39, 0.29) is 22.9 Å². The number of aliphatic hydroxyl groups is 15. The highest BCUT2D eigenvalue weighted by Gasteiger charge is 2.70. The predicted octanol–water partition coefficient (Wildman–Crippen LogP) is -4.20.